The van der Waals surface area contributed by atoms with Crippen LogP contribution in [0.5, 0.6) is 0 Å². The first kappa shape index (κ1) is 16.1. The lowest BCUT2D eigenvalue weighted by Gasteiger charge is -2.25. The van der Waals surface area contributed by atoms with Gasteiger partial charge in [-0.15, -0.1) is 0 Å². The quantitative estimate of drug-likeness (QED) is 0.842. The van der Waals surface area contributed by atoms with E-state index < -0.39 is 15.6 Å². The number of hydrogen-bond acceptors (Lipinski definition) is 3. The summed E-state index contributed by atoms with van der Waals surface area (Å²) in [4.78, 5) is 0.253. The van der Waals surface area contributed by atoms with E-state index in [9.17, 15) is 8.42 Å². The number of aliphatic hydroxyl groups excluding tert-OH is 1. The maximum absolute atomic E-state index is 12.2. The molecule has 0 aliphatic rings. The van der Waals surface area contributed by atoms with Crippen molar-refractivity contribution in [3.05, 3.63) is 29.8 Å². The number of benzene rings is 1. The molecule has 2 N–H and O–H groups in total. The molecule has 108 valence electrons. The average Bonchev–Trinajstić information content (AvgIpc) is 2.27. The highest BCUT2D eigenvalue weighted by Gasteiger charge is 2.25. The molecule has 0 fully saturated rings. The molecule has 0 unspecified atom stereocenters. The maximum atomic E-state index is 12.2. The fraction of sp³-hybridized carbons (Fsp3) is 0.571. The highest BCUT2D eigenvalue weighted by Crippen LogP contribution is 2.19. The number of sulfonamides is 1. The summed E-state index contributed by atoms with van der Waals surface area (Å²) in [5, 5.41) is 8.93. The van der Waals surface area contributed by atoms with Crippen LogP contribution in [0.3, 0.4) is 0 Å². The van der Waals surface area contributed by atoms with Gasteiger partial charge >= 0.3 is 0 Å². The fourth-order valence-corrected chi connectivity index (χ4v) is 3.23. The molecule has 0 amide bonds. The standard InChI is InChI=1S/C14H23NO3S/c1-11(2)12-5-7-13(8-6-12)19(17,18)15-14(3,4)9-10-16/h5-8,11,15-16H,9-10H2,1-4H3. The first-order valence-electron chi connectivity index (χ1n) is 6.43. The molecule has 1 aromatic carbocycles. The first-order valence-corrected chi connectivity index (χ1v) is 7.91. The minimum Gasteiger partial charge on any atom is -0.396 e. The molecular weight excluding hydrogens is 262 g/mol. The predicted octanol–water partition coefficient (Wildman–Crippen LogP) is 2.25. The van der Waals surface area contributed by atoms with Crippen molar-refractivity contribution < 1.29 is 13.5 Å². The van der Waals surface area contributed by atoms with Crippen molar-refractivity contribution in [1.82, 2.24) is 4.72 Å². The van der Waals surface area contributed by atoms with Crippen LogP contribution in [0.1, 0.15) is 45.6 Å². The van der Waals surface area contributed by atoms with Crippen molar-refractivity contribution in [1.29, 1.82) is 0 Å². The molecule has 5 heteroatoms. The summed E-state index contributed by atoms with van der Waals surface area (Å²) in [6.07, 6.45) is 0.371. The largest absolute Gasteiger partial charge is 0.396 e. The maximum Gasteiger partial charge on any atom is 0.241 e. The minimum atomic E-state index is -3.54. The Morgan fingerprint density at radius 2 is 1.74 bits per heavy atom. The summed E-state index contributed by atoms with van der Waals surface area (Å²) >= 11 is 0. The second kappa shape index (κ2) is 6.03. The second-order valence-corrected chi connectivity index (χ2v) is 7.37. The Balaban J connectivity index is 2.94. The molecule has 0 aliphatic heterocycles. The third-order valence-electron chi connectivity index (χ3n) is 3.00. The van der Waals surface area contributed by atoms with Crippen molar-refractivity contribution in [2.45, 2.75) is 50.5 Å². The van der Waals surface area contributed by atoms with Crippen LogP contribution in [-0.2, 0) is 10.0 Å². The Labute approximate surface area is 115 Å². The van der Waals surface area contributed by atoms with Gasteiger partial charge in [-0.05, 0) is 43.9 Å². The van der Waals surface area contributed by atoms with Crippen molar-refractivity contribution in [2.75, 3.05) is 6.61 Å². The van der Waals surface area contributed by atoms with Gasteiger partial charge in [0.25, 0.3) is 0 Å². The zero-order valence-electron chi connectivity index (χ0n) is 12.0. The average molecular weight is 285 g/mol. The van der Waals surface area contributed by atoms with Gasteiger partial charge in [-0.1, -0.05) is 26.0 Å². The Morgan fingerprint density at radius 3 is 2.16 bits per heavy atom. The van der Waals surface area contributed by atoms with E-state index in [0.29, 0.717) is 12.3 Å². The molecule has 0 aliphatic carbocycles. The number of hydrogen-bond donors (Lipinski definition) is 2. The van der Waals surface area contributed by atoms with E-state index in [1.807, 2.05) is 12.1 Å². The van der Waals surface area contributed by atoms with Gasteiger partial charge in [-0.25, -0.2) is 13.1 Å². The molecule has 0 saturated heterocycles. The van der Waals surface area contributed by atoms with Gasteiger partial charge in [0, 0.05) is 12.1 Å². The molecule has 0 bridgehead atoms. The lowest BCUT2D eigenvalue weighted by atomic mass is 10.0. The third-order valence-corrected chi connectivity index (χ3v) is 4.72. The van der Waals surface area contributed by atoms with Crippen LogP contribution in [0.4, 0.5) is 0 Å². The van der Waals surface area contributed by atoms with Crippen molar-refractivity contribution in [3.63, 3.8) is 0 Å². The van der Waals surface area contributed by atoms with Gasteiger partial charge in [0.15, 0.2) is 0 Å². The Morgan fingerprint density at radius 1 is 1.21 bits per heavy atom. The van der Waals surface area contributed by atoms with E-state index in [1.165, 1.54) is 0 Å². The number of nitrogens with one attached hydrogen (secondary N) is 1. The molecule has 1 rings (SSSR count). The third kappa shape index (κ3) is 4.60. The van der Waals surface area contributed by atoms with Crippen LogP contribution in [0, 0.1) is 0 Å². The van der Waals surface area contributed by atoms with Gasteiger partial charge in [-0.2, -0.15) is 0 Å². The summed E-state index contributed by atoms with van der Waals surface area (Å²) in [6.45, 7) is 7.58. The molecule has 1 aromatic rings. The van der Waals surface area contributed by atoms with E-state index >= 15 is 0 Å². The Bertz CT molecular complexity index is 504. The van der Waals surface area contributed by atoms with Crippen LogP contribution in [0.25, 0.3) is 0 Å². The highest BCUT2D eigenvalue weighted by molar-refractivity contribution is 7.89. The molecule has 0 saturated carbocycles. The molecule has 0 radical (unpaired) electrons. The Kier molecular flexibility index (Phi) is 5.12. The summed E-state index contributed by atoms with van der Waals surface area (Å²) in [5.74, 6) is 0.371. The van der Waals surface area contributed by atoms with Gasteiger partial charge in [-0.3, -0.25) is 0 Å². The summed E-state index contributed by atoms with van der Waals surface area (Å²) in [7, 11) is -3.54. The predicted molar refractivity (Wildman–Crippen MR) is 76.6 cm³/mol. The van der Waals surface area contributed by atoms with Crippen LogP contribution >= 0.6 is 0 Å². The van der Waals surface area contributed by atoms with E-state index in [1.54, 1.807) is 26.0 Å². The second-order valence-electron chi connectivity index (χ2n) is 5.69. The number of aliphatic hydroxyl groups is 1. The van der Waals surface area contributed by atoms with E-state index in [2.05, 4.69) is 18.6 Å². The Hall–Kier alpha value is -0.910. The normalized spacial score (nSPS) is 12.9. The molecular formula is C14H23NO3S. The van der Waals surface area contributed by atoms with Gasteiger partial charge in [0.05, 0.1) is 4.90 Å². The monoisotopic (exact) mass is 285 g/mol. The molecule has 19 heavy (non-hydrogen) atoms. The minimum absolute atomic E-state index is 0.0538. The zero-order valence-corrected chi connectivity index (χ0v) is 12.8. The smallest absolute Gasteiger partial charge is 0.241 e. The lowest BCUT2D eigenvalue weighted by Crippen LogP contribution is -2.43. The first-order chi connectivity index (χ1) is 8.68. The molecule has 0 atom stereocenters. The van der Waals surface area contributed by atoms with E-state index in [0.717, 1.165) is 5.56 Å². The SMILES string of the molecule is CC(C)c1ccc(S(=O)(=O)NC(C)(C)CCO)cc1. The van der Waals surface area contributed by atoms with Gasteiger partial charge in [0.1, 0.15) is 0 Å². The van der Waals surface area contributed by atoms with Gasteiger partial charge < -0.3 is 5.11 Å². The summed E-state index contributed by atoms with van der Waals surface area (Å²) < 4.78 is 27.0. The molecule has 0 aromatic heterocycles. The summed E-state index contributed by atoms with van der Waals surface area (Å²) in [6, 6.07) is 6.90. The van der Waals surface area contributed by atoms with E-state index in [4.69, 9.17) is 5.11 Å². The van der Waals surface area contributed by atoms with Crippen LogP contribution < -0.4 is 4.72 Å². The van der Waals surface area contributed by atoms with Crippen LogP contribution in [0.2, 0.25) is 0 Å². The topological polar surface area (TPSA) is 66.4 Å². The zero-order chi connectivity index (χ0) is 14.7. The fourth-order valence-electron chi connectivity index (χ4n) is 1.79. The molecule has 0 spiro atoms. The van der Waals surface area contributed by atoms with Crippen molar-refractivity contribution in [3.8, 4) is 0 Å². The molecule has 0 heterocycles. The van der Waals surface area contributed by atoms with Crippen molar-refractivity contribution in [2.24, 2.45) is 0 Å². The van der Waals surface area contributed by atoms with E-state index in [-0.39, 0.29) is 11.5 Å². The number of rotatable bonds is 6. The van der Waals surface area contributed by atoms with Crippen LogP contribution in [0.15, 0.2) is 29.2 Å². The van der Waals surface area contributed by atoms with Gasteiger partial charge in [0.2, 0.25) is 10.0 Å². The van der Waals surface area contributed by atoms with Crippen LogP contribution in [-0.4, -0.2) is 25.7 Å². The summed E-state index contributed by atoms with van der Waals surface area (Å²) in [5.41, 5.74) is 0.443. The molecule has 4 nitrogen and oxygen atoms in total. The highest BCUT2D eigenvalue weighted by atomic mass is 32.2. The van der Waals surface area contributed by atoms with Crippen molar-refractivity contribution >= 4 is 10.0 Å². The lowest BCUT2D eigenvalue weighted by molar-refractivity contribution is 0.246.